The molecule has 4 atom stereocenters. The Kier molecular flexibility index (Phi) is 5.78. The van der Waals surface area contributed by atoms with Crippen LogP contribution in [0.3, 0.4) is 0 Å². The number of aliphatic hydroxyl groups is 1. The van der Waals surface area contributed by atoms with Gasteiger partial charge in [0.05, 0.1) is 18.1 Å². The molecule has 5 nitrogen and oxygen atoms in total. The number of rotatable bonds is 3. The molecule has 2 aliphatic rings. The van der Waals surface area contributed by atoms with Gasteiger partial charge in [-0.1, -0.05) is 27.0 Å². The first-order chi connectivity index (χ1) is 11.2. The summed E-state index contributed by atoms with van der Waals surface area (Å²) >= 11 is 0. The van der Waals surface area contributed by atoms with Crippen LogP contribution in [0.25, 0.3) is 0 Å². The molecule has 5 heteroatoms. The van der Waals surface area contributed by atoms with Crippen LogP contribution in [0.15, 0.2) is 36.0 Å². The molecule has 0 bridgehead atoms. The predicted molar refractivity (Wildman–Crippen MR) is 90.2 cm³/mol. The lowest BCUT2D eigenvalue weighted by molar-refractivity contribution is -0.138. The number of ether oxygens (including phenoxy) is 2. The number of fused-ring (bicyclic) bond motifs is 1. The van der Waals surface area contributed by atoms with Gasteiger partial charge in [0.1, 0.15) is 6.10 Å². The van der Waals surface area contributed by atoms with E-state index in [4.69, 9.17) is 9.47 Å². The van der Waals surface area contributed by atoms with E-state index in [1.54, 1.807) is 13.0 Å². The lowest BCUT2D eigenvalue weighted by atomic mass is 9.83. The Morgan fingerprint density at radius 3 is 2.62 bits per heavy atom. The molecule has 1 saturated heterocycles. The van der Waals surface area contributed by atoms with Crippen LogP contribution in [0, 0.1) is 11.8 Å². The van der Waals surface area contributed by atoms with Crippen LogP contribution in [-0.2, 0) is 19.1 Å². The molecular formula is C19H26O5. The van der Waals surface area contributed by atoms with Crippen molar-refractivity contribution < 1.29 is 24.2 Å². The van der Waals surface area contributed by atoms with Crippen molar-refractivity contribution >= 4 is 11.8 Å². The molecule has 0 saturated carbocycles. The zero-order valence-electron chi connectivity index (χ0n) is 14.6. The van der Waals surface area contributed by atoms with Gasteiger partial charge in [-0.05, 0) is 30.1 Å². The van der Waals surface area contributed by atoms with Gasteiger partial charge in [0.2, 0.25) is 0 Å². The van der Waals surface area contributed by atoms with Crippen molar-refractivity contribution in [1.82, 2.24) is 0 Å². The first-order valence-electron chi connectivity index (χ1n) is 8.29. The zero-order valence-corrected chi connectivity index (χ0v) is 14.6. The largest absolute Gasteiger partial charge is 0.454 e. The molecule has 0 spiro atoms. The van der Waals surface area contributed by atoms with E-state index in [9.17, 15) is 14.7 Å². The van der Waals surface area contributed by atoms with Gasteiger partial charge in [0.25, 0.3) is 0 Å². The van der Waals surface area contributed by atoms with Crippen LogP contribution in [0.1, 0.15) is 33.6 Å². The van der Waals surface area contributed by atoms with E-state index in [1.807, 2.05) is 13.8 Å². The average Bonchev–Trinajstić information content (AvgIpc) is 2.77. The fourth-order valence-electron chi connectivity index (χ4n) is 2.99. The first kappa shape index (κ1) is 18.6. The summed E-state index contributed by atoms with van der Waals surface area (Å²) in [6.45, 7) is 14.0. The van der Waals surface area contributed by atoms with Crippen molar-refractivity contribution in [2.45, 2.75) is 51.9 Å². The molecule has 0 aromatic heterocycles. The van der Waals surface area contributed by atoms with Gasteiger partial charge in [0.15, 0.2) is 5.78 Å². The topological polar surface area (TPSA) is 72.8 Å². The Balaban J connectivity index is 2.39. The molecule has 24 heavy (non-hydrogen) atoms. The SMILES string of the molecule is C=C1C[C@H](OCC(C)C)[C@H]2C(=C)C(=O)O[C@@H]2/C=C(\C)[C@H](O)CC1=O. The normalized spacial score (nSPS) is 34.0. The van der Waals surface area contributed by atoms with E-state index in [0.29, 0.717) is 35.7 Å². The summed E-state index contributed by atoms with van der Waals surface area (Å²) in [5, 5.41) is 10.2. The molecule has 0 aromatic carbocycles. The van der Waals surface area contributed by atoms with Crippen LogP contribution in [-0.4, -0.2) is 41.8 Å². The smallest absolute Gasteiger partial charge is 0.334 e. The molecule has 1 fully saturated rings. The number of esters is 1. The molecule has 132 valence electrons. The average molecular weight is 334 g/mol. The maximum absolute atomic E-state index is 12.2. The third-order valence-corrected chi connectivity index (χ3v) is 4.48. The van der Waals surface area contributed by atoms with E-state index >= 15 is 0 Å². The highest BCUT2D eigenvalue weighted by Crippen LogP contribution is 2.36. The summed E-state index contributed by atoms with van der Waals surface area (Å²) in [7, 11) is 0. The van der Waals surface area contributed by atoms with E-state index < -0.39 is 24.3 Å². The van der Waals surface area contributed by atoms with Crippen LogP contribution in [0.4, 0.5) is 0 Å². The first-order valence-corrected chi connectivity index (χ1v) is 8.29. The lowest BCUT2D eigenvalue weighted by Gasteiger charge is -2.29. The van der Waals surface area contributed by atoms with E-state index in [0.717, 1.165) is 0 Å². The van der Waals surface area contributed by atoms with Crippen LogP contribution >= 0.6 is 0 Å². The predicted octanol–water partition coefficient (Wildman–Crippen LogP) is 2.35. The van der Waals surface area contributed by atoms with Gasteiger partial charge in [-0.15, -0.1) is 0 Å². The van der Waals surface area contributed by atoms with Gasteiger partial charge >= 0.3 is 5.97 Å². The van der Waals surface area contributed by atoms with Crippen molar-refractivity contribution in [3.63, 3.8) is 0 Å². The second kappa shape index (κ2) is 7.45. The van der Waals surface area contributed by atoms with Crippen LogP contribution in [0.2, 0.25) is 0 Å². The minimum atomic E-state index is -0.907. The van der Waals surface area contributed by atoms with E-state index in [1.165, 1.54) is 0 Å². The fourth-order valence-corrected chi connectivity index (χ4v) is 2.99. The molecule has 1 N–H and O–H groups in total. The monoisotopic (exact) mass is 334 g/mol. The van der Waals surface area contributed by atoms with Crippen molar-refractivity contribution in [1.29, 1.82) is 0 Å². The Morgan fingerprint density at radius 2 is 2.00 bits per heavy atom. The number of aliphatic hydroxyl groups excluding tert-OH is 1. The highest BCUT2D eigenvalue weighted by Gasteiger charge is 2.44. The second-order valence-corrected chi connectivity index (χ2v) is 7.05. The van der Waals surface area contributed by atoms with Gasteiger partial charge in [0, 0.05) is 25.0 Å². The quantitative estimate of drug-likeness (QED) is 0.487. The Bertz CT molecular complexity index is 587. The fraction of sp³-hybridized carbons (Fsp3) is 0.579. The standard InChI is InChI=1S/C19H26O5/c1-10(2)9-23-16-6-11(3)14(20)8-15(21)12(4)7-17-18(16)13(5)19(22)24-17/h7,10,15-18,21H,3,5-6,8-9H2,1-2,4H3/b12-7+/t15-,16+,17-,18-/m1/s1. The molecule has 2 rings (SSSR count). The summed E-state index contributed by atoms with van der Waals surface area (Å²) < 4.78 is 11.4. The molecule has 1 heterocycles. The number of carbonyl (C=O) groups excluding carboxylic acids is 2. The number of hydrogen-bond donors (Lipinski definition) is 1. The zero-order chi connectivity index (χ0) is 18.0. The summed E-state index contributed by atoms with van der Waals surface area (Å²) in [6.07, 6.45) is 0.116. The van der Waals surface area contributed by atoms with Gasteiger partial charge in [-0.2, -0.15) is 0 Å². The summed E-state index contributed by atoms with van der Waals surface area (Å²) in [6, 6.07) is 0. The Morgan fingerprint density at radius 1 is 1.33 bits per heavy atom. The van der Waals surface area contributed by atoms with Gasteiger partial charge < -0.3 is 14.6 Å². The van der Waals surface area contributed by atoms with Crippen molar-refractivity contribution in [3.05, 3.63) is 36.0 Å². The lowest BCUT2D eigenvalue weighted by Crippen LogP contribution is -2.34. The second-order valence-electron chi connectivity index (χ2n) is 7.05. The number of ketones is 1. The molecule has 1 aliphatic heterocycles. The van der Waals surface area contributed by atoms with Gasteiger partial charge in [-0.3, -0.25) is 4.79 Å². The molecule has 0 amide bonds. The summed E-state index contributed by atoms with van der Waals surface area (Å²) in [5.74, 6) is -0.727. The minimum Gasteiger partial charge on any atom is -0.454 e. The van der Waals surface area contributed by atoms with Gasteiger partial charge in [-0.25, -0.2) is 4.79 Å². The van der Waals surface area contributed by atoms with E-state index in [2.05, 4.69) is 13.2 Å². The maximum Gasteiger partial charge on any atom is 0.334 e. The van der Waals surface area contributed by atoms with Crippen molar-refractivity contribution in [2.75, 3.05) is 6.61 Å². The highest BCUT2D eigenvalue weighted by atomic mass is 16.6. The van der Waals surface area contributed by atoms with Crippen molar-refractivity contribution in [2.24, 2.45) is 11.8 Å². The highest BCUT2D eigenvalue weighted by molar-refractivity contribution is 5.95. The summed E-state index contributed by atoms with van der Waals surface area (Å²) in [5.41, 5.74) is 1.33. The summed E-state index contributed by atoms with van der Waals surface area (Å²) in [4.78, 5) is 24.2. The minimum absolute atomic E-state index is 0.0235. The van der Waals surface area contributed by atoms with Crippen LogP contribution < -0.4 is 0 Å². The van der Waals surface area contributed by atoms with Crippen molar-refractivity contribution in [3.8, 4) is 0 Å². The van der Waals surface area contributed by atoms with Crippen LogP contribution in [0.5, 0.6) is 0 Å². The molecule has 0 aromatic rings. The molecule has 0 radical (unpaired) electrons. The molecule has 0 unspecified atom stereocenters. The third-order valence-electron chi connectivity index (χ3n) is 4.48. The number of Topliss-reactive ketones (excluding diaryl/α,β-unsaturated/α-hetero) is 1. The number of carbonyl (C=O) groups is 2. The maximum atomic E-state index is 12.2. The Hall–Kier alpha value is -1.72. The number of hydrogen-bond acceptors (Lipinski definition) is 5. The molecule has 1 aliphatic carbocycles. The van der Waals surface area contributed by atoms with E-state index in [-0.39, 0.29) is 18.1 Å². The Labute approximate surface area is 143 Å². The third kappa shape index (κ3) is 4.02. The molecular weight excluding hydrogens is 308 g/mol.